The van der Waals surface area contributed by atoms with Gasteiger partial charge in [-0.2, -0.15) is 0 Å². The number of hydrogen-bond acceptors (Lipinski definition) is 3. The zero-order valence-corrected chi connectivity index (χ0v) is 15.4. The molecule has 1 aromatic carbocycles. The molecule has 2 saturated heterocycles. The number of nitrogens with zero attached hydrogens (tertiary/aromatic N) is 2. The van der Waals surface area contributed by atoms with E-state index in [4.69, 9.17) is 4.74 Å². The molecule has 27 heavy (non-hydrogen) atoms. The second kappa shape index (κ2) is 6.93. The molecule has 0 atom stereocenters. The summed E-state index contributed by atoms with van der Waals surface area (Å²) in [4.78, 5) is 27.5. The highest BCUT2D eigenvalue weighted by Gasteiger charge is 2.41. The van der Waals surface area contributed by atoms with Gasteiger partial charge in [0, 0.05) is 39.5 Å². The highest BCUT2D eigenvalue weighted by molar-refractivity contribution is 6.09. The van der Waals surface area contributed by atoms with E-state index in [0.717, 1.165) is 45.6 Å². The largest absolute Gasteiger partial charge is 0.381 e. The van der Waals surface area contributed by atoms with Crippen molar-refractivity contribution in [3.05, 3.63) is 59.2 Å². The minimum absolute atomic E-state index is 0.0139. The van der Waals surface area contributed by atoms with Crippen LogP contribution >= 0.6 is 0 Å². The number of carbonyl (C=O) groups excluding carboxylic acids is 2. The molecule has 0 N–H and O–H groups in total. The quantitative estimate of drug-likeness (QED) is 0.781. The van der Waals surface area contributed by atoms with Gasteiger partial charge in [-0.3, -0.25) is 9.59 Å². The highest BCUT2D eigenvalue weighted by Crippen LogP contribution is 2.40. The van der Waals surface area contributed by atoms with Crippen LogP contribution in [-0.2, 0) is 11.8 Å². The van der Waals surface area contributed by atoms with E-state index in [9.17, 15) is 14.0 Å². The summed E-state index contributed by atoms with van der Waals surface area (Å²) in [6, 6.07) is 7.47. The third-order valence-corrected chi connectivity index (χ3v) is 5.88. The molecular weight excluding hydrogens is 347 g/mol. The van der Waals surface area contributed by atoms with Crippen molar-refractivity contribution in [1.82, 2.24) is 9.47 Å². The first-order valence-electron chi connectivity index (χ1n) is 9.32. The first kappa shape index (κ1) is 17.9. The van der Waals surface area contributed by atoms with Crippen LogP contribution in [0.4, 0.5) is 4.39 Å². The zero-order chi connectivity index (χ0) is 19.0. The Bertz CT molecular complexity index is 883. The number of carbonyl (C=O) groups is 2. The molecule has 2 fully saturated rings. The number of aromatic nitrogens is 1. The number of rotatable bonds is 3. The summed E-state index contributed by atoms with van der Waals surface area (Å²) < 4.78 is 21.0. The molecular formula is C21H23FN2O3. The highest BCUT2D eigenvalue weighted by atomic mass is 19.1. The summed E-state index contributed by atoms with van der Waals surface area (Å²) >= 11 is 0. The molecule has 2 aliphatic heterocycles. The van der Waals surface area contributed by atoms with Gasteiger partial charge in [0.1, 0.15) is 5.82 Å². The number of amides is 1. The van der Waals surface area contributed by atoms with E-state index in [1.165, 1.54) is 12.1 Å². The van der Waals surface area contributed by atoms with Crippen molar-refractivity contribution in [2.75, 3.05) is 26.3 Å². The van der Waals surface area contributed by atoms with E-state index in [1.807, 2.05) is 4.90 Å². The van der Waals surface area contributed by atoms with Gasteiger partial charge in [-0.25, -0.2) is 4.39 Å². The Hall–Kier alpha value is -2.47. The summed E-state index contributed by atoms with van der Waals surface area (Å²) in [5, 5.41) is 0. The fourth-order valence-corrected chi connectivity index (χ4v) is 4.19. The molecule has 0 aliphatic carbocycles. The molecule has 5 nitrogen and oxygen atoms in total. The van der Waals surface area contributed by atoms with Crippen molar-refractivity contribution in [3.8, 4) is 0 Å². The van der Waals surface area contributed by atoms with Gasteiger partial charge < -0.3 is 14.2 Å². The molecule has 142 valence electrons. The second-order valence-corrected chi connectivity index (χ2v) is 7.62. The van der Waals surface area contributed by atoms with Gasteiger partial charge >= 0.3 is 0 Å². The van der Waals surface area contributed by atoms with Crippen LogP contribution in [0.2, 0.25) is 0 Å². The van der Waals surface area contributed by atoms with Crippen molar-refractivity contribution < 1.29 is 18.7 Å². The van der Waals surface area contributed by atoms with Crippen LogP contribution in [0.1, 0.15) is 45.7 Å². The van der Waals surface area contributed by atoms with Gasteiger partial charge in [0.05, 0.1) is 16.8 Å². The maximum absolute atomic E-state index is 14.0. The van der Waals surface area contributed by atoms with Crippen molar-refractivity contribution in [2.45, 2.75) is 19.3 Å². The smallest absolute Gasteiger partial charge is 0.255 e. The van der Waals surface area contributed by atoms with E-state index in [-0.39, 0.29) is 16.9 Å². The van der Waals surface area contributed by atoms with E-state index in [0.29, 0.717) is 11.3 Å². The lowest BCUT2D eigenvalue weighted by molar-refractivity contribution is 0.0191. The van der Waals surface area contributed by atoms with Crippen LogP contribution in [0, 0.1) is 11.2 Å². The fourth-order valence-electron chi connectivity index (χ4n) is 4.19. The van der Waals surface area contributed by atoms with Crippen molar-refractivity contribution in [1.29, 1.82) is 0 Å². The summed E-state index contributed by atoms with van der Waals surface area (Å²) in [5.74, 6) is -1.05. The van der Waals surface area contributed by atoms with Crippen LogP contribution in [0.25, 0.3) is 0 Å². The van der Waals surface area contributed by atoms with Gasteiger partial charge in [0.15, 0.2) is 0 Å². The molecule has 0 radical (unpaired) electrons. The number of likely N-dealkylation sites (tertiary alicyclic amines) is 1. The molecule has 0 unspecified atom stereocenters. The number of halogens is 1. The molecule has 0 bridgehead atoms. The van der Waals surface area contributed by atoms with E-state index in [2.05, 4.69) is 0 Å². The van der Waals surface area contributed by atoms with Crippen LogP contribution in [0.5, 0.6) is 0 Å². The van der Waals surface area contributed by atoms with Gasteiger partial charge in [-0.15, -0.1) is 0 Å². The molecule has 1 spiro atoms. The van der Waals surface area contributed by atoms with Crippen LogP contribution in [-0.4, -0.2) is 47.5 Å². The van der Waals surface area contributed by atoms with Crippen molar-refractivity contribution in [3.63, 3.8) is 0 Å². The van der Waals surface area contributed by atoms with E-state index >= 15 is 0 Å². The molecule has 1 amide bonds. The Kier molecular flexibility index (Phi) is 4.60. The second-order valence-electron chi connectivity index (χ2n) is 7.62. The Morgan fingerprint density at radius 2 is 1.89 bits per heavy atom. The SMILES string of the molecule is Cn1cc(C(=O)N2CCC3(CCOCC3)C2)cc1C(=O)c1ccccc1F. The average Bonchev–Trinajstić information content (AvgIpc) is 3.26. The summed E-state index contributed by atoms with van der Waals surface area (Å²) in [6.45, 7) is 2.98. The average molecular weight is 370 g/mol. The Morgan fingerprint density at radius 1 is 1.15 bits per heavy atom. The maximum Gasteiger partial charge on any atom is 0.255 e. The third kappa shape index (κ3) is 3.30. The number of hydrogen-bond donors (Lipinski definition) is 0. The number of ether oxygens (including phenoxy) is 1. The molecule has 4 rings (SSSR count). The van der Waals surface area contributed by atoms with Crippen LogP contribution < -0.4 is 0 Å². The molecule has 0 saturated carbocycles. The minimum atomic E-state index is -0.558. The van der Waals surface area contributed by atoms with E-state index < -0.39 is 11.6 Å². The molecule has 2 aromatic rings. The summed E-state index contributed by atoms with van der Waals surface area (Å²) in [6.07, 6.45) is 4.63. The van der Waals surface area contributed by atoms with Crippen LogP contribution in [0.15, 0.2) is 36.5 Å². The van der Waals surface area contributed by atoms with Crippen LogP contribution in [0.3, 0.4) is 0 Å². The summed E-state index contributed by atoms with van der Waals surface area (Å²) in [5.41, 5.74) is 0.971. The number of ketones is 1. The lowest BCUT2D eigenvalue weighted by Gasteiger charge is -2.33. The first-order chi connectivity index (χ1) is 13.0. The predicted octanol–water partition coefficient (Wildman–Crippen LogP) is 3.04. The monoisotopic (exact) mass is 370 g/mol. The fraction of sp³-hybridized carbons (Fsp3) is 0.429. The molecule has 6 heteroatoms. The van der Waals surface area contributed by atoms with Gasteiger partial charge in [-0.1, -0.05) is 12.1 Å². The molecule has 2 aliphatic rings. The lowest BCUT2D eigenvalue weighted by Crippen LogP contribution is -2.35. The molecule has 1 aromatic heterocycles. The Labute approximate surface area is 157 Å². The van der Waals surface area contributed by atoms with Crippen molar-refractivity contribution in [2.24, 2.45) is 12.5 Å². The van der Waals surface area contributed by atoms with Gasteiger partial charge in [-0.05, 0) is 42.9 Å². The minimum Gasteiger partial charge on any atom is -0.381 e. The number of benzene rings is 1. The molecule has 3 heterocycles. The lowest BCUT2D eigenvalue weighted by atomic mass is 9.80. The van der Waals surface area contributed by atoms with Crippen molar-refractivity contribution >= 4 is 11.7 Å². The van der Waals surface area contributed by atoms with Gasteiger partial charge in [0.2, 0.25) is 5.78 Å². The zero-order valence-electron chi connectivity index (χ0n) is 15.4. The third-order valence-electron chi connectivity index (χ3n) is 5.88. The number of aryl methyl sites for hydroxylation is 1. The van der Waals surface area contributed by atoms with Gasteiger partial charge in [0.25, 0.3) is 5.91 Å². The first-order valence-corrected chi connectivity index (χ1v) is 9.32. The maximum atomic E-state index is 14.0. The topological polar surface area (TPSA) is 51.5 Å². The standard InChI is InChI=1S/C21H23FN2O3/c1-23-13-15(12-18(23)19(25)16-4-2-3-5-17(16)22)20(26)24-9-6-21(14-24)7-10-27-11-8-21/h2-5,12-13H,6-11,14H2,1H3. The normalized spacial score (nSPS) is 18.8. The Morgan fingerprint density at radius 3 is 2.63 bits per heavy atom. The van der Waals surface area contributed by atoms with E-state index in [1.54, 1.807) is 36.0 Å². The Balaban J connectivity index is 1.54. The predicted molar refractivity (Wildman–Crippen MR) is 98.3 cm³/mol. The summed E-state index contributed by atoms with van der Waals surface area (Å²) in [7, 11) is 1.70.